The summed E-state index contributed by atoms with van der Waals surface area (Å²) in [6, 6.07) is 0. The minimum absolute atomic E-state index is 0.237. The molecule has 0 radical (unpaired) electrons. The number of hydrogen-bond acceptors (Lipinski definition) is 6. The first-order valence-corrected chi connectivity index (χ1v) is 13.8. The molecule has 6 heteroatoms. The molecule has 0 saturated heterocycles. The van der Waals surface area contributed by atoms with Gasteiger partial charge in [-0.2, -0.15) is 4.98 Å². The molecule has 0 aromatic carbocycles. The molecule has 36 heavy (non-hydrogen) atoms. The van der Waals surface area contributed by atoms with Crippen molar-refractivity contribution >= 4 is 0 Å². The summed E-state index contributed by atoms with van der Waals surface area (Å²) in [5.41, 5.74) is 3.06. The lowest BCUT2D eigenvalue weighted by atomic mass is 9.61. The van der Waals surface area contributed by atoms with Crippen molar-refractivity contribution in [2.75, 3.05) is 0 Å². The zero-order valence-electron chi connectivity index (χ0n) is 22.0. The highest BCUT2D eigenvalue weighted by Gasteiger charge is 2.54. The average molecular weight is 495 g/mol. The van der Waals surface area contributed by atoms with E-state index < -0.39 is 23.7 Å². The molecule has 1 aromatic heterocycles. The second kappa shape index (κ2) is 9.70. The Hall–Kier alpha value is -2.02. The third-order valence-corrected chi connectivity index (χ3v) is 9.84. The number of fused-ring (bicyclic) bond motifs is 1. The molecule has 196 valence electrons. The monoisotopic (exact) mass is 494 g/mol. The van der Waals surface area contributed by atoms with E-state index in [-0.39, 0.29) is 5.41 Å². The fraction of sp³-hybridized carbons (Fsp3) is 0.667. The van der Waals surface area contributed by atoms with Gasteiger partial charge in [0.05, 0.1) is 23.7 Å². The van der Waals surface area contributed by atoms with Crippen LogP contribution < -0.4 is 0 Å². The van der Waals surface area contributed by atoms with E-state index in [4.69, 9.17) is 4.52 Å². The fourth-order valence-corrected chi connectivity index (χ4v) is 7.48. The van der Waals surface area contributed by atoms with Gasteiger partial charge in [-0.15, -0.1) is 0 Å². The van der Waals surface area contributed by atoms with Crippen LogP contribution in [0.3, 0.4) is 0 Å². The summed E-state index contributed by atoms with van der Waals surface area (Å²) >= 11 is 0. The van der Waals surface area contributed by atoms with Crippen LogP contribution in [0.15, 0.2) is 52.1 Å². The number of aliphatic hydroxyl groups is 3. The van der Waals surface area contributed by atoms with E-state index in [0.717, 1.165) is 30.4 Å². The van der Waals surface area contributed by atoms with E-state index in [2.05, 4.69) is 48.8 Å². The third-order valence-electron chi connectivity index (χ3n) is 9.84. The van der Waals surface area contributed by atoms with E-state index in [1.54, 1.807) is 0 Å². The van der Waals surface area contributed by atoms with Gasteiger partial charge >= 0.3 is 0 Å². The van der Waals surface area contributed by atoms with Crippen LogP contribution in [-0.4, -0.2) is 43.8 Å². The molecule has 7 atom stereocenters. The molecule has 6 nitrogen and oxygen atoms in total. The van der Waals surface area contributed by atoms with Gasteiger partial charge in [0.15, 0.2) is 5.82 Å². The number of allylic oxidation sites excluding steroid dienone is 4. The number of aliphatic hydroxyl groups excluding tert-OH is 3. The van der Waals surface area contributed by atoms with Crippen molar-refractivity contribution in [2.45, 2.75) is 102 Å². The van der Waals surface area contributed by atoms with E-state index >= 15 is 0 Å². The second-order valence-electron chi connectivity index (χ2n) is 12.2. The van der Waals surface area contributed by atoms with Gasteiger partial charge in [-0.1, -0.05) is 55.5 Å². The lowest BCUT2D eigenvalue weighted by molar-refractivity contribution is 0.0862. The Labute approximate surface area is 214 Å². The van der Waals surface area contributed by atoms with Crippen molar-refractivity contribution < 1.29 is 19.8 Å². The molecule has 0 spiro atoms. The number of hydrogen-bond donors (Lipinski definition) is 3. The summed E-state index contributed by atoms with van der Waals surface area (Å²) in [6.45, 7) is 10.6. The molecule has 4 fully saturated rings. The first kappa shape index (κ1) is 25.6. The zero-order chi connectivity index (χ0) is 25.7. The first-order valence-electron chi connectivity index (χ1n) is 13.8. The second-order valence-corrected chi connectivity index (χ2v) is 12.2. The standard InChI is InChI=1S/C30H42N2O4/c1-18(7-12-27(35)30(14-15-30)28-31-20(3)32-36-28)24-10-11-25-21(6-5-13-29(24,25)4)8-9-22-16-23(33)17-26(34)19(22)2/h7-9,12,18,23-27,33-35H,2,5-6,10-11,13-17H2,1,3-4H3/b12-7+,21-8+,22-9-/t18-,23-,24-,25+,26+,27+,29-/m1/s1. The van der Waals surface area contributed by atoms with Crippen LogP contribution >= 0.6 is 0 Å². The van der Waals surface area contributed by atoms with Crippen molar-refractivity contribution in [1.29, 1.82) is 0 Å². The van der Waals surface area contributed by atoms with Gasteiger partial charge in [0.1, 0.15) is 0 Å². The number of aryl methyl sites for hydroxylation is 1. The fourth-order valence-electron chi connectivity index (χ4n) is 7.48. The summed E-state index contributed by atoms with van der Waals surface area (Å²) < 4.78 is 5.40. The van der Waals surface area contributed by atoms with E-state index in [9.17, 15) is 15.3 Å². The minimum atomic E-state index is -0.646. The molecule has 0 aliphatic heterocycles. The Balaban J connectivity index is 1.29. The summed E-state index contributed by atoms with van der Waals surface area (Å²) in [7, 11) is 0. The molecule has 4 aliphatic carbocycles. The normalized spacial score (nSPS) is 38.0. The molecule has 1 heterocycles. The Morgan fingerprint density at radius 2 is 1.92 bits per heavy atom. The molecule has 4 saturated carbocycles. The van der Waals surface area contributed by atoms with Crippen molar-refractivity contribution in [1.82, 2.24) is 10.1 Å². The summed E-state index contributed by atoms with van der Waals surface area (Å²) in [4.78, 5) is 4.39. The summed E-state index contributed by atoms with van der Waals surface area (Å²) in [5, 5.41) is 35.2. The van der Waals surface area contributed by atoms with Crippen molar-refractivity contribution in [3.8, 4) is 0 Å². The van der Waals surface area contributed by atoms with Gasteiger partial charge in [0.25, 0.3) is 0 Å². The van der Waals surface area contributed by atoms with Crippen LogP contribution in [0.1, 0.15) is 83.3 Å². The minimum Gasteiger partial charge on any atom is -0.393 e. The van der Waals surface area contributed by atoms with Crippen LogP contribution in [0.4, 0.5) is 0 Å². The van der Waals surface area contributed by atoms with Gasteiger partial charge in [-0.3, -0.25) is 0 Å². The Kier molecular flexibility index (Phi) is 6.90. The summed E-state index contributed by atoms with van der Waals surface area (Å²) in [6.07, 6.45) is 15.4. The zero-order valence-corrected chi connectivity index (χ0v) is 22.0. The van der Waals surface area contributed by atoms with Crippen LogP contribution in [-0.2, 0) is 5.41 Å². The maximum absolute atomic E-state index is 11.0. The van der Waals surface area contributed by atoms with Crippen LogP contribution in [0.25, 0.3) is 0 Å². The van der Waals surface area contributed by atoms with Crippen molar-refractivity contribution in [3.05, 3.63) is 59.3 Å². The molecular weight excluding hydrogens is 452 g/mol. The van der Waals surface area contributed by atoms with Crippen molar-refractivity contribution in [3.63, 3.8) is 0 Å². The lowest BCUT2D eigenvalue weighted by Crippen LogP contribution is -2.35. The van der Waals surface area contributed by atoms with Gasteiger partial charge in [-0.05, 0) is 92.6 Å². The number of rotatable bonds is 6. The van der Waals surface area contributed by atoms with Crippen LogP contribution in [0.2, 0.25) is 0 Å². The van der Waals surface area contributed by atoms with Gasteiger partial charge < -0.3 is 19.8 Å². The van der Waals surface area contributed by atoms with Crippen molar-refractivity contribution in [2.24, 2.45) is 23.2 Å². The largest absolute Gasteiger partial charge is 0.393 e. The predicted molar refractivity (Wildman–Crippen MR) is 139 cm³/mol. The topological polar surface area (TPSA) is 99.6 Å². The molecule has 4 aliphatic rings. The highest BCUT2D eigenvalue weighted by Crippen LogP contribution is 2.59. The predicted octanol–water partition coefficient (Wildman–Crippen LogP) is 5.10. The number of aromatic nitrogens is 2. The highest BCUT2D eigenvalue weighted by atomic mass is 16.5. The lowest BCUT2D eigenvalue weighted by Gasteiger charge is -2.44. The van der Waals surface area contributed by atoms with Gasteiger partial charge in [-0.25, -0.2) is 0 Å². The maximum Gasteiger partial charge on any atom is 0.235 e. The van der Waals surface area contributed by atoms with Crippen LogP contribution in [0.5, 0.6) is 0 Å². The Morgan fingerprint density at radius 3 is 2.61 bits per heavy atom. The quantitative estimate of drug-likeness (QED) is 0.476. The summed E-state index contributed by atoms with van der Waals surface area (Å²) in [5.74, 6) is 2.67. The van der Waals surface area contributed by atoms with E-state index in [1.807, 2.05) is 13.0 Å². The molecule has 5 rings (SSSR count). The molecular formula is C30H42N2O4. The van der Waals surface area contributed by atoms with E-state index in [1.165, 1.54) is 31.3 Å². The maximum atomic E-state index is 11.0. The Morgan fingerprint density at radius 1 is 1.14 bits per heavy atom. The molecule has 0 bridgehead atoms. The van der Waals surface area contributed by atoms with E-state index in [0.29, 0.717) is 42.3 Å². The van der Waals surface area contributed by atoms with Gasteiger partial charge in [0, 0.05) is 6.42 Å². The first-order chi connectivity index (χ1) is 17.1. The van der Waals surface area contributed by atoms with Gasteiger partial charge in [0.2, 0.25) is 5.89 Å². The third kappa shape index (κ3) is 4.57. The Bertz CT molecular complexity index is 1080. The smallest absolute Gasteiger partial charge is 0.235 e. The SMILES string of the molecule is C=C1/C(=C\C=C2/CCC[C@]3(C)[C@@H]([C@H](C)/C=C/[C@H](O)C4(c5nc(C)no5)CC4)CC[C@@H]23)C[C@@H](O)C[C@@H]1O. The molecule has 1 aromatic rings. The number of nitrogens with zero attached hydrogens (tertiary/aromatic N) is 2. The average Bonchev–Trinajstić information content (AvgIpc) is 3.41. The molecule has 0 amide bonds. The molecule has 0 unspecified atom stereocenters. The van der Waals surface area contributed by atoms with Crippen LogP contribution in [0, 0.1) is 30.1 Å². The highest BCUT2D eigenvalue weighted by molar-refractivity contribution is 5.38. The molecule has 3 N–H and O–H groups in total.